The third-order valence-electron chi connectivity index (χ3n) is 12.5. The van der Waals surface area contributed by atoms with Crippen LogP contribution in [0.1, 0.15) is 100 Å². The second-order valence-corrected chi connectivity index (χ2v) is 19.3. The fraction of sp³-hybridized carbons (Fsp3) is 0.755. The van der Waals surface area contributed by atoms with Gasteiger partial charge in [0, 0.05) is 47.3 Å². The van der Waals surface area contributed by atoms with Crippen LogP contribution < -0.4 is 16.0 Å². The van der Waals surface area contributed by atoms with Gasteiger partial charge in [-0.05, 0) is 64.0 Å². The van der Waals surface area contributed by atoms with Crippen molar-refractivity contribution in [1.82, 2.24) is 30.7 Å². The number of rotatable bonds is 27. The van der Waals surface area contributed by atoms with Crippen LogP contribution in [0, 0.1) is 23.7 Å². The standard InChI is InChI=1S/C49H84N6O11/c1-16-33(6)42(54(12)46(59)40(31(2)3)52-45(58)41(32(4)5)53(11)26-28-65-27-24-50-48(61)66-49(8,9)10)38(62-13)30-39(56)55-25-20-23-37(55)43(63-14)34(7)44(57)51-36(47(60)64-15)29-35-21-18-17-19-22-35/h17-19,21-22,31-34,36-38,40-43H,16,20,23-30H2,1-15H3,(H,50,61)(H,51,57)(H,52,58)/t33-,34+,36-,37-,38+,40-,41-,42-,43+/m0/s1. The number of likely N-dealkylation sites (tertiary alicyclic amines) is 1. The Morgan fingerprint density at radius 2 is 1.52 bits per heavy atom. The minimum atomic E-state index is -0.911. The van der Waals surface area contributed by atoms with Gasteiger partial charge in [-0.2, -0.15) is 0 Å². The molecule has 1 fully saturated rings. The van der Waals surface area contributed by atoms with Crippen LogP contribution in [0.5, 0.6) is 0 Å². The van der Waals surface area contributed by atoms with Crippen molar-refractivity contribution in [2.24, 2.45) is 23.7 Å². The van der Waals surface area contributed by atoms with Gasteiger partial charge in [-0.3, -0.25) is 24.1 Å². The highest BCUT2D eigenvalue weighted by atomic mass is 16.6. The molecule has 17 heteroatoms. The van der Waals surface area contributed by atoms with Gasteiger partial charge in [0.25, 0.3) is 0 Å². The Hall–Kier alpha value is -4.32. The average molecular weight is 933 g/mol. The molecule has 0 aliphatic carbocycles. The van der Waals surface area contributed by atoms with Crippen LogP contribution in [0.15, 0.2) is 30.3 Å². The Morgan fingerprint density at radius 3 is 2.06 bits per heavy atom. The summed E-state index contributed by atoms with van der Waals surface area (Å²) in [6.07, 6.45) is 0.340. The third-order valence-corrected chi connectivity index (χ3v) is 12.5. The predicted octanol–water partition coefficient (Wildman–Crippen LogP) is 4.45. The molecule has 0 bridgehead atoms. The summed E-state index contributed by atoms with van der Waals surface area (Å²) in [5.74, 6) is -2.90. The number of hydrogen-bond acceptors (Lipinski definition) is 12. The summed E-state index contributed by atoms with van der Waals surface area (Å²) in [7, 11) is 7.89. The monoisotopic (exact) mass is 933 g/mol. The number of alkyl carbamates (subject to hydrolysis) is 1. The van der Waals surface area contributed by atoms with Crippen LogP contribution in [-0.2, 0) is 54.1 Å². The first-order chi connectivity index (χ1) is 31.0. The normalized spacial score (nSPS) is 17.8. The first-order valence-electron chi connectivity index (χ1n) is 23.6. The van der Waals surface area contributed by atoms with E-state index in [1.165, 1.54) is 21.3 Å². The fourth-order valence-corrected chi connectivity index (χ4v) is 8.77. The number of nitrogens with one attached hydrogen (secondary N) is 3. The van der Waals surface area contributed by atoms with E-state index in [-0.39, 0.29) is 61.5 Å². The number of methoxy groups -OCH3 is 3. The number of esters is 1. The molecule has 9 atom stereocenters. The second-order valence-electron chi connectivity index (χ2n) is 19.3. The van der Waals surface area contributed by atoms with Crippen LogP contribution in [0.25, 0.3) is 0 Å². The molecular formula is C49H84N6O11. The zero-order chi connectivity index (χ0) is 49.9. The molecule has 1 saturated heterocycles. The van der Waals surface area contributed by atoms with Gasteiger partial charge in [0.1, 0.15) is 17.7 Å². The maximum Gasteiger partial charge on any atom is 0.407 e. The number of hydrogen-bond donors (Lipinski definition) is 3. The Labute approximate surface area is 395 Å². The molecule has 1 aromatic rings. The first-order valence-corrected chi connectivity index (χ1v) is 23.6. The zero-order valence-electron chi connectivity index (χ0n) is 42.6. The summed E-state index contributed by atoms with van der Waals surface area (Å²) in [5.41, 5.74) is 0.265. The third kappa shape index (κ3) is 17.7. The van der Waals surface area contributed by atoms with Gasteiger partial charge < -0.3 is 49.4 Å². The van der Waals surface area contributed by atoms with E-state index in [2.05, 4.69) is 16.0 Å². The summed E-state index contributed by atoms with van der Waals surface area (Å²) in [6.45, 7) is 20.6. The van der Waals surface area contributed by atoms with Crippen molar-refractivity contribution in [3.8, 4) is 0 Å². The predicted molar refractivity (Wildman–Crippen MR) is 253 cm³/mol. The maximum atomic E-state index is 14.6. The molecular weight excluding hydrogens is 849 g/mol. The molecule has 0 saturated carbocycles. The molecule has 1 aliphatic rings. The summed E-state index contributed by atoms with van der Waals surface area (Å²) < 4.78 is 28.0. The molecule has 0 unspecified atom stereocenters. The molecule has 1 heterocycles. The van der Waals surface area contributed by atoms with Crippen molar-refractivity contribution >= 4 is 35.7 Å². The van der Waals surface area contributed by atoms with Crippen molar-refractivity contribution in [1.29, 1.82) is 0 Å². The highest BCUT2D eigenvalue weighted by Gasteiger charge is 2.43. The van der Waals surface area contributed by atoms with Gasteiger partial charge >= 0.3 is 12.1 Å². The molecule has 0 spiro atoms. The largest absolute Gasteiger partial charge is 0.467 e. The van der Waals surface area contributed by atoms with Crippen molar-refractivity contribution in [3.05, 3.63) is 35.9 Å². The van der Waals surface area contributed by atoms with Crippen LogP contribution >= 0.6 is 0 Å². The van der Waals surface area contributed by atoms with Crippen molar-refractivity contribution in [3.63, 3.8) is 0 Å². The topological polar surface area (TPSA) is 194 Å². The van der Waals surface area contributed by atoms with E-state index < -0.39 is 71.9 Å². The summed E-state index contributed by atoms with van der Waals surface area (Å²) >= 11 is 0. The molecule has 1 aliphatic heterocycles. The Balaban J connectivity index is 2.19. The summed E-state index contributed by atoms with van der Waals surface area (Å²) in [5, 5.41) is 8.60. The van der Waals surface area contributed by atoms with E-state index in [4.69, 9.17) is 23.7 Å². The zero-order valence-corrected chi connectivity index (χ0v) is 42.6. The summed E-state index contributed by atoms with van der Waals surface area (Å²) in [4.78, 5) is 86.7. The average Bonchev–Trinajstić information content (AvgIpc) is 3.75. The highest BCUT2D eigenvalue weighted by Crippen LogP contribution is 2.30. The van der Waals surface area contributed by atoms with E-state index >= 15 is 0 Å². The van der Waals surface area contributed by atoms with E-state index in [0.717, 1.165) is 5.56 Å². The number of carbonyl (C=O) groups is 6. The van der Waals surface area contributed by atoms with E-state index in [9.17, 15) is 28.8 Å². The number of nitrogens with zero attached hydrogens (tertiary/aromatic N) is 3. The number of amides is 5. The Kier molecular flexibility index (Phi) is 24.6. The molecule has 66 heavy (non-hydrogen) atoms. The number of benzene rings is 1. The highest BCUT2D eigenvalue weighted by molar-refractivity contribution is 5.90. The van der Waals surface area contributed by atoms with E-state index in [1.54, 1.807) is 44.5 Å². The van der Waals surface area contributed by atoms with Gasteiger partial charge in [0.05, 0.1) is 63.0 Å². The van der Waals surface area contributed by atoms with Crippen LogP contribution in [0.4, 0.5) is 4.79 Å². The SMILES string of the molecule is CC[C@H](C)[C@@H]([C@@H](CC(=O)N1CCC[C@H]1[C@H](OC)[C@@H](C)C(=O)N[C@@H](Cc1ccccc1)C(=O)OC)OC)N(C)C(=O)[C@@H](NC(=O)[C@H](C(C)C)N(C)CCOCCNC(=O)OC(C)(C)C)C(C)C. The molecule has 5 amide bonds. The van der Waals surface area contributed by atoms with Gasteiger partial charge in [0.15, 0.2) is 0 Å². The quantitative estimate of drug-likeness (QED) is 0.0831. The van der Waals surface area contributed by atoms with Gasteiger partial charge in [0.2, 0.25) is 23.6 Å². The first kappa shape index (κ1) is 57.8. The fourth-order valence-electron chi connectivity index (χ4n) is 8.77. The number of carbonyl (C=O) groups excluding carboxylic acids is 6. The maximum absolute atomic E-state index is 14.6. The van der Waals surface area contributed by atoms with Gasteiger partial charge in [-0.25, -0.2) is 9.59 Å². The number of ether oxygens (including phenoxy) is 5. The van der Waals surface area contributed by atoms with Crippen LogP contribution in [0.3, 0.4) is 0 Å². The molecule has 2 rings (SSSR count). The molecule has 0 aromatic heterocycles. The Bertz CT molecular complexity index is 1670. The van der Waals surface area contributed by atoms with Crippen LogP contribution in [0.2, 0.25) is 0 Å². The van der Waals surface area contributed by atoms with E-state index in [1.807, 2.05) is 83.8 Å². The molecule has 0 radical (unpaired) electrons. The van der Waals surface area contributed by atoms with E-state index in [0.29, 0.717) is 39.0 Å². The lowest BCUT2D eigenvalue weighted by molar-refractivity contribution is -0.149. The lowest BCUT2D eigenvalue weighted by atomic mass is 9.89. The van der Waals surface area contributed by atoms with Gasteiger partial charge in [-0.15, -0.1) is 0 Å². The summed E-state index contributed by atoms with van der Waals surface area (Å²) in [6, 6.07) is 6.06. The molecule has 3 N–H and O–H groups in total. The minimum absolute atomic E-state index is 0.0316. The van der Waals surface area contributed by atoms with Crippen molar-refractivity contribution < 1.29 is 52.5 Å². The van der Waals surface area contributed by atoms with Gasteiger partial charge in [-0.1, -0.05) is 85.2 Å². The second kappa shape index (κ2) is 28.1. The van der Waals surface area contributed by atoms with Crippen molar-refractivity contribution in [2.75, 3.05) is 68.3 Å². The van der Waals surface area contributed by atoms with Crippen LogP contribution in [-0.4, -0.2) is 167 Å². The number of likely N-dealkylation sites (N-methyl/N-ethyl adjacent to an activating group) is 2. The molecule has 17 nitrogen and oxygen atoms in total. The lowest BCUT2D eigenvalue weighted by Crippen LogP contribution is -2.60. The van der Waals surface area contributed by atoms with Crippen molar-refractivity contribution in [2.45, 2.75) is 149 Å². The Morgan fingerprint density at radius 1 is 0.864 bits per heavy atom. The smallest absolute Gasteiger partial charge is 0.407 e. The molecule has 1 aromatic carbocycles. The molecule has 376 valence electrons. The lowest BCUT2D eigenvalue weighted by Gasteiger charge is -2.41. The minimum Gasteiger partial charge on any atom is -0.467 e.